The van der Waals surface area contributed by atoms with Crippen LogP contribution >= 0.6 is 0 Å². The van der Waals surface area contributed by atoms with Gasteiger partial charge in [0.2, 0.25) is 0 Å². The third-order valence-electron chi connectivity index (χ3n) is 3.47. The van der Waals surface area contributed by atoms with Crippen LogP contribution in [0.4, 0.5) is 34.8 Å². The molecule has 138 valence electrons. The van der Waals surface area contributed by atoms with Crippen LogP contribution in [0.15, 0.2) is 60.9 Å². The molecule has 0 saturated carbocycles. The van der Waals surface area contributed by atoms with E-state index in [4.69, 9.17) is 0 Å². The molecule has 0 atom stereocenters. The largest absolute Gasteiger partial charge is 0.433 e. The molecule has 2 heterocycles. The lowest BCUT2D eigenvalue weighted by atomic mass is 10.2. The van der Waals surface area contributed by atoms with Gasteiger partial charge in [0.1, 0.15) is 17.3 Å². The third kappa shape index (κ3) is 4.57. The summed E-state index contributed by atoms with van der Waals surface area (Å²) in [4.78, 5) is 19.8. The van der Waals surface area contributed by atoms with E-state index in [0.29, 0.717) is 5.69 Å². The van der Waals surface area contributed by atoms with Crippen molar-refractivity contribution in [1.29, 1.82) is 0 Å². The Kier molecular flexibility index (Phi) is 5.02. The number of carbonyl (C=O) groups excluding carboxylic acids is 1. The van der Waals surface area contributed by atoms with Crippen molar-refractivity contribution < 1.29 is 22.4 Å². The lowest BCUT2D eigenvalue weighted by Gasteiger charge is -2.12. The van der Waals surface area contributed by atoms with E-state index < -0.39 is 23.6 Å². The van der Waals surface area contributed by atoms with Gasteiger partial charge in [-0.05, 0) is 48.5 Å². The van der Waals surface area contributed by atoms with Crippen molar-refractivity contribution in [1.82, 2.24) is 9.97 Å². The first-order valence-electron chi connectivity index (χ1n) is 7.65. The van der Waals surface area contributed by atoms with Gasteiger partial charge >= 0.3 is 6.18 Å². The molecule has 0 aliphatic rings. The Morgan fingerprint density at radius 1 is 0.926 bits per heavy atom. The number of anilines is 3. The Hall–Kier alpha value is -3.49. The molecule has 27 heavy (non-hydrogen) atoms. The van der Waals surface area contributed by atoms with Crippen LogP contribution in [0.3, 0.4) is 0 Å². The Bertz CT molecular complexity index is 941. The highest BCUT2D eigenvalue weighted by Crippen LogP contribution is 2.28. The second kappa shape index (κ2) is 7.40. The second-order valence-electron chi connectivity index (χ2n) is 5.42. The lowest BCUT2D eigenvalue weighted by Crippen LogP contribution is -2.15. The average molecular weight is 376 g/mol. The van der Waals surface area contributed by atoms with Crippen LogP contribution in [0.2, 0.25) is 0 Å². The predicted molar refractivity (Wildman–Crippen MR) is 91.1 cm³/mol. The minimum absolute atomic E-state index is 0.101. The second-order valence-corrected chi connectivity index (χ2v) is 5.42. The number of amides is 1. The van der Waals surface area contributed by atoms with Gasteiger partial charge in [0.25, 0.3) is 5.91 Å². The number of nitrogens with zero attached hydrogens (tertiary/aromatic N) is 2. The van der Waals surface area contributed by atoms with E-state index in [1.165, 1.54) is 42.6 Å². The van der Waals surface area contributed by atoms with Crippen molar-refractivity contribution in [2.75, 3.05) is 10.6 Å². The van der Waals surface area contributed by atoms with Crippen molar-refractivity contribution in [3.05, 3.63) is 78.0 Å². The molecule has 5 nitrogen and oxygen atoms in total. The number of hydrogen-bond donors (Lipinski definition) is 2. The van der Waals surface area contributed by atoms with Gasteiger partial charge in [-0.25, -0.2) is 14.4 Å². The molecule has 2 aromatic heterocycles. The van der Waals surface area contributed by atoms with Gasteiger partial charge in [0.15, 0.2) is 0 Å². The van der Waals surface area contributed by atoms with Crippen LogP contribution in [0.5, 0.6) is 0 Å². The van der Waals surface area contributed by atoms with Crippen molar-refractivity contribution in [3.8, 4) is 0 Å². The summed E-state index contributed by atoms with van der Waals surface area (Å²) >= 11 is 0. The fourth-order valence-corrected chi connectivity index (χ4v) is 2.19. The van der Waals surface area contributed by atoms with Crippen molar-refractivity contribution in [2.45, 2.75) is 6.18 Å². The number of aromatic nitrogens is 2. The fraction of sp³-hybridized carbons (Fsp3) is 0.0556. The molecule has 3 aromatic rings. The molecule has 0 radical (unpaired) electrons. The number of halogens is 4. The minimum Gasteiger partial charge on any atom is -0.340 e. The maximum Gasteiger partial charge on any atom is 0.433 e. The van der Waals surface area contributed by atoms with Crippen LogP contribution in [-0.2, 0) is 6.18 Å². The molecule has 0 saturated heterocycles. The maximum absolute atomic E-state index is 13.0. The zero-order chi connectivity index (χ0) is 19.4. The molecule has 2 N–H and O–H groups in total. The van der Waals surface area contributed by atoms with E-state index >= 15 is 0 Å². The number of nitrogens with one attached hydrogen (secondary N) is 2. The molecule has 3 rings (SSSR count). The Morgan fingerprint density at radius 3 is 2.26 bits per heavy atom. The molecular formula is C18H12F4N4O. The molecule has 9 heteroatoms. The number of pyridine rings is 2. The number of alkyl halides is 3. The number of carbonyl (C=O) groups is 1. The van der Waals surface area contributed by atoms with Crippen LogP contribution in [-0.4, -0.2) is 15.9 Å². The van der Waals surface area contributed by atoms with Gasteiger partial charge in [-0.1, -0.05) is 0 Å². The highest BCUT2D eigenvalue weighted by molar-refractivity contribution is 6.07. The molecule has 0 unspecified atom stereocenters. The quantitative estimate of drug-likeness (QED) is 0.652. The van der Waals surface area contributed by atoms with E-state index in [1.54, 1.807) is 0 Å². The van der Waals surface area contributed by atoms with Crippen LogP contribution in [0.1, 0.15) is 16.1 Å². The van der Waals surface area contributed by atoms with Gasteiger partial charge in [0, 0.05) is 11.9 Å². The Balaban J connectivity index is 1.78. The first kappa shape index (κ1) is 18.3. The Labute approximate surface area is 151 Å². The van der Waals surface area contributed by atoms with Crippen molar-refractivity contribution >= 4 is 23.1 Å². The molecular weight excluding hydrogens is 364 g/mol. The zero-order valence-electron chi connectivity index (χ0n) is 13.6. The summed E-state index contributed by atoms with van der Waals surface area (Å²) in [7, 11) is 0. The summed E-state index contributed by atoms with van der Waals surface area (Å²) < 4.78 is 50.6. The number of benzene rings is 1. The average Bonchev–Trinajstić information content (AvgIpc) is 2.64. The van der Waals surface area contributed by atoms with Gasteiger partial charge in [0.05, 0.1) is 17.4 Å². The summed E-state index contributed by atoms with van der Waals surface area (Å²) in [5.74, 6) is -0.787. The van der Waals surface area contributed by atoms with Gasteiger partial charge in [-0.3, -0.25) is 4.79 Å². The van der Waals surface area contributed by atoms with Crippen LogP contribution in [0.25, 0.3) is 0 Å². The molecule has 0 aliphatic carbocycles. The molecule has 0 fully saturated rings. The monoisotopic (exact) mass is 376 g/mol. The minimum atomic E-state index is -4.56. The van der Waals surface area contributed by atoms with E-state index in [1.807, 2.05) is 0 Å². The molecule has 1 amide bonds. The summed E-state index contributed by atoms with van der Waals surface area (Å²) in [5, 5.41) is 5.36. The topological polar surface area (TPSA) is 66.9 Å². The summed E-state index contributed by atoms with van der Waals surface area (Å²) in [6.45, 7) is 0. The van der Waals surface area contributed by atoms with E-state index in [2.05, 4.69) is 20.6 Å². The number of hydrogen-bond acceptors (Lipinski definition) is 4. The van der Waals surface area contributed by atoms with Crippen molar-refractivity contribution in [2.24, 2.45) is 0 Å². The predicted octanol–water partition coefficient (Wildman–Crippen LogP) is 4.63. The summed E-state index contributed by atoms with van der Waals surface area (Å²) in [6, 6.07) is 10.4. The molecule has 0 bridgehead atoms. The standard InChI is InChI=1S/C18H12F4N4O/c19-11-3-5-12(6-4-11)25-16-14(2-1-9-23-16)17(27)26-13-7-8-15(24-10-13)18(20,21)22/h1-10H,(H,23,25)(H,26,27). The highest BCUT2D eigenvalue weighted by Gasteiger charge is 2.32. The SMILES string of the molecule is O=C(Nc1ccc(C(F)(F)F)nc1)c1cccnc1Nc1ccc(F)cc1. The van der Waals surface area contributed by atoms with Crippen LogP contribution in [0, 0.1) is 5.82 Å². The molecule has 0 spiro atoms. The van der Waals surface area contributed by atoms with E-state index in [9.17, 15) is 22.4 Å². The van der Waals surface area contributed by atoms with Gasteiger partial charge in [-0.15, -0.1) is 0 Å². The van der Waals surface area contributed by atoms with Gasteiger partial charge < -0.3 is 10.6 Å². The first-order valence-corrected chi connectivity index (χ1v) is 7.65. The molecule has 0 aliphatic heterocycles. The number of rotatable bonds is 4. The fourth-order valence-electron chi connectivity index (χ4n) is 2.19. The van der Waals surface area contributed by atoms with Gasteiger partial charge in [-0.2, -0.15) is 13.2 Å². The first-order chi connectivity index (χ1) is 12.8. The van der Waals surface area contributed by atoms with E-state index in [0.717, 1.165) is 18.3 Å². The van der Waals surface area contributed by atoms with Crippen molar-refractivity contribution in [3.63, 3.8) is 0 Å². The smallest absolute Gasteiger partial charge is 0.340 e. The zero-order valence-corrected chi connectivity index (χ0v) is 13.6. The maximum atomic E-state index is 13.0. The van der Waals surface area contributed by atoms with E-state index in [-0.39, 0.29) is 17.1 Å². The summed E-state index contributed by atoms with van der Waals surface area (Å²) in [6.07, 6.45) is -2.18. The Morgan fingerprint density at radius 2 is 1.63 bits per heavy atom. The highest BCUT2D eigenvalue weighted by atomic mass is 19.4. The van der Waals surface area contributed by atoms with Crippen LogP contribution < -0.4 is 10.6 Å². The molecule has 1 aromatic carbocycles. The lowest BCUT2D eigenvalue weighted by molar-refractivity contribution is -0.141. The third-order valence-corrected chi connectivity index (χ3v) is 3.47. The normalized spacial score (nSPS) is 11.1. The summed E-state index contributed by atoms with van der Waals surface area (Å²) in [5.41, 5.74) is -0.285.